The van der Waals surface area contributed by atoms with Crippen LogP contribution in [0.15, 0.2) is 59.5 Å². The molecule has 4 nitrogen and oxygen atoms in total. The number of halogens is 1. The van der Waals surface area contributed by atoms with Gasteiger partial charge in [0.25, 0.3) is 0 Å². The van der Waals surface area contributed by atoms with E-state index >= 15 is 0 Å². The van der Waals surface area contributed by atoms with Gasteiger partial charge < -0.3 is 5.11 Å². The minimum absolute atomic E-state index is 0.0299. The third-order valence-electron chi connectivity index (χ3n) is 4.54. The summed E-state index contributed by atoms with van der Waals surface area (Å²) in [5.74, 6) is -0.368. The van der Waals surface area contributed by atoms with E-state index in [9.17, 15) is 17.9 Å². The molecule has 0 amide bonds. The Morgan fingerprint density at radius 1 is 1.00 bits per heavy atom. The maximum Gasteiger partial charge on any atom is 0.243 e. The Morgan fingerprint density at radius 2 is 1.58 bits per heavy atom. The summed E-state index contributed by atoms with van der Waals surface area (Å²) < 4.78 is 39.6. The second-order valence-electron chi connectivity index (χ2n) is 6.05. The van der Waals surface area contributed by atoms with E-state index in [1.807, 2.05) is 0 Å². The van der Waals surface area contributed by atoms with Gasteiger partial charge in [0.15, 0.2) is 0 Å². The zero-order valence-corrected chi connectivity index (χ0v) is 14.0. The zero-order valence-electron chi connectivity index (χ0n) is 13.2. The summed E-state index contributed by atoms with van der Waals surface area (Å²) in [6, 6.07) is 14.2. The Labute approximate surface area is 141 Å². The van der Waals surface area contributed by atoms with Crippen molar-refractivity contribution in [2.24, 2.45) is 5.92 Å². The van der Waals surface area contributed by atoms with E-state index in [0.29, 0.717) is 36.4 Å². The van der Waals surface area contributed by atoms with E-state index in [0.717, 1.165) is 0 Å². The molecule has 2 aromatic carbocycles. The highest BCUT2D eigenvalue weighted by Crippen LogP contribution is 2.32. The molecule has 0 saturated carbocycles. The quantitative estimate of drug-likeness (QED) is 0.923. The summed E-state index contributed by atoms with van der Waals surface area (Å²) in [6.45, 7) is 0.750. The molecule has 2 aromatic rings. The molecule has 128 valence electrons. The third-order valence-corrected chi connectivity index (χ3v) is 6.45. The topological polar surface area (TPSA) is 57.6 Å². The molecule has 1 atom stereocenters. The van der Waals surface area contributed by atoms with Crippen molar-refractivity contribution in [3.8, 4) is 0 Å². The first-order valence-corrected chi connectivity index (χ1v) is 9.41. The zero-order chi connectivity index (χ0) is 17.2. The van der Waals surface area contributed by atoms with Gasteiger partial charge in [-0.05, 0) is 48.6 Å². The van der Waals surface area contributed by atoms with Crippen LogP contribution < -0.4 is 0 Å². The van der Waals surface area contributed by atoms with E-state index < -0.39 is 16.1 Å². The van der Waals surface area contributed by atoms with E-state index in [1.54, 1.807) is 42.5 Å². The third kappa shape index (κ3) is 3.50. The summed E-state index contributed by atoms with van der Waals surface area (Å²) in [7, 11) is -3.48. The smallest absolute Gasteiger partial charge is 0.243 e. The lowest BCUT2D eigenvalue weighted by Crippen LogP contribution is -2.39. The number of benzene rings is 2. The molecule has 24 heavy (non-hydrogen) atoms. The second-order valence-corrected chi connectivity index (χ2v) is 7.99. The van der Waals surface area contributed by atoms with Crippen molar-refractivity contribution in [1.29, 1.82) is 0 Å². The van der Waals surface area contributed by atoms with Crippen LogP contribution in [0, 0.1) is 11.7 Å². The number of hydrogen-bond donors (Lipinski definition) is 1. The van der Waals surface area contributed by atoms with Crippen LogP contribution in [-0.2, 0) is 10.0 Å². The van der Waals surface area contributed by atoms with Crippen LogP contribution >= 0.6 is 0 Å². The predicted molar refractivity (Wildman–Crippen MR) is 89.3 cm³/mol. The Balaban J connectivity index is 1.66. The summed E-state index contributed by atoms with van der Waals surface area (Å²) >= 11 is 0. The fourth-order valence-electron chi connectivity index (χ4n) is 3.11. The van der Waals surface area contributed by atoms with Crippen molar-refractivity contribution >= 4 is 10.0 Å². The molecule has 1 fully saturated rings. The molecular weight excluding hydrogens is 329 g/mol. The van der Waals surface area contributed by atoms with Gasteiger partial charge in [-0.2, -0.15) is 4.31 Å². The Morgan fingerprint density at radius 3 is 2.17 bits per heavy atom. The number of nitrogens with zero attached hydrogens (tertiary/aromatic N) is 1. The van der Waals surface area contributed by atoms with Gasteiger partial charge in [-0.1, -0.05) is 30.3 Å². The van der Waals surface area contributed by atoms with Crippen molar-refractivity contribution in [2.75, 3.05) is 13.1 Å². The van der Waals surface area contributed by atoms with Gasteiger partial charge in [-0.25, -0.2) is 12.8 Å². The molecule has 1 aliphatic rings. The van der Waals surface area contributed by atoms with Gasteiger partial charge in [0.05, 0.1) is 11.0 Å². The van der Waals surface area contributed by atoms with E-state index in [1.165, 1.54) is 16.4 Å². The lowest BCUT2D eigenvalue weighted by Gasteiger charge is -2.33. The van der Waals surface area contributed by atoms with Crippen molar-refractivity contribution < 1.29 is 17.9 Å². The van der Waals surface area contributed by atoms with Crippen LogP contribution in [0.2, 0.25) is 0 Å². The van der Waals surface area contributed by atoms with Crippen LogP contribution in [0.25, 0.3) is 0 Å². The molecule has 1 N–H and O–H groups in total. The number of rotatable bonds is 4. The molecule has 0 aliphatic carbocycles. The van der Waals surface area contributed by atoms with Crippen LogP contribution in [0.5, 0.6) is 0 Å². The van der Waals surface area contributed by atoms with Crippen LogP contribution in [0.3, 0.4) is 0 Å². The SMILES string of the molecule is O=S(=O)(c1ccccc1)N1CCC(C(O)c2ccc(F)cc2)CC1. The fourth-order valence-corrected chi connectivity index (χ4v) is 4.60. The molecular formula is C18H20FNO3S. The van der Waals surface area contributed by atoms with Crippen LogP contribution in [0.4, 0.5) is 4.39 Å². The largest absolute Gasteiger partial charge is 0.388 e. The van der Waals surface area contributed by atoms with E-state index in [2.05, 4.69) is 0 Å². The first kappa shape index (κ1) is 17.1. The molecule has 0 spiro atoms. The van der Waals surface area contributed by atoms with Crippen LogP contribution in [-0.4, -0.2) is 30.9 Å². The molecule has 6 heteroatoms. The first-order chi connectivity index (χ1) is 11.5. The fraction of sp³-hybridized carbons (Fsp3) is 0.333. The number of aliphatic hydroxyl groups excluding tert-OH is 1. The first-order valence-electron chi connectivity index (χ1n) is 7.97. The molecule has 1 unspecified atom stereocenters. The minimum Gasteiger partial charge on any atom is -0.388 e. The summed E-state index contributed by atoms with van der Waals surface area (Å²) in [5, 5.41) is 10.5. The maximum atomic E-state index is 13.0. The van der Waals surface area contributed by atoms with Crippen LogP contribution in [0.1, 0.15) is 24.5 Å². The lowest BCUT2D eigenvalue weighted by molar-refractivity contribution is 0.0760. The van der Waals surface area contributed by atoms with Gasteiger partial charge in [0.2, 0.25) is 10.0 Å². The average Bonchev–Trinajstić information content (AvgIpc) is 2.62. The maximum absolute atomic E-state index is 13.0. The normalized spacial score (nSPS) is 18.4. The Kier molecular flexibility index (Phi) is 4.99. The van der Waals surface area contributed by atoms with Crippen molar-refractivity contribution in [1.82, 2.24) is 4.31 Å². The molecule has 0 radical (unpaired) electrons. The molecule has 3 rings (SSSR count). The van der Waals surface area contributed by atoms with Gasteiger partial charge in [-0.15, -0.1) is 0 Å². The highest BCUT2D eigenvalue weighted by atomic mass is 32.2. The molecule has 0 bridgehead atoms. The highest BCUT2D eigenvalue weighted by molar-refractivity contribution is 7.89. The van der Waals surface area contributed by atoms with Crippen molar-refractivity contribution in [2.45, 2.75) is 23.8 Å². The van der Waals surface area contributed by atoms with E-state index in [4.69, 9.17) is 0 Å². The number of aliphatic hydroxyl groups is 1. The highest BCUT2D eigenvalue weighted by Gasteiger charge is 2.32. The average molecular weight is 349 g/mol. The summed E-state index contributed by atoms with van der Waals surface area (Å²) in [6.07, 6.45) is 0.446. The van der Waals surface area contributed by atoms with Crippen molar-refractivity contribution in [3.05, 3.63) is 66.0 Å². The Bertz CT molecular complexity index is 770. The molecule has 0 aromatic heterocycles. The monoisotopic (exact) mass is 349 g/mol. The standard InChI is InChI=1S/C18H20FNO3S/c19-16-8-6-14(7-9-16)18(21)15-10-12-20(13-11-15)24(22,23)17-4-2-1-3-5-17/h1-9,15,18,21H,10-13H2. The molecule has 1 aliphatic heterocycles. The van der Waals surface area contributed by atoms with Gasteiger partial charge in [0.1, 0.15) is 5.82 Å². The molecule has 1 heterocycles. The lowest BCUT2D eigenvalue weighted by atomic mass is 9.88. The number of hydrogen-bond acceptors (Lipinski definition) is 3. The van der Waals surface area contributed by atoms with Crippen molar-refractivity contribution in [3.63, 3.8) is 0 Å². The van der Waals surface area contributed by atoms with E-state index in [-0.39, 0.29) is 11.7 Å². The van der Waals surface area contributed by atoms with Gasteiger partial charge in [0, 0.05) is 13.1 Å². The summed E-state index contributed by atoms with van der Waals surface area (Å²) in [5.41, 5.74) is 0.667. The molecule has 1 saturated heterocycles. The predicted octanol–water partition coefficient (Wildman–Crippen LogP) is 2.96. The second kappa shape index (κ2) is 7.01. The number of piperidine rings is 1. The Hall–Kier alpha value is -1.76. The minimum atomic E-state index is -3.48. The number of sulfonamides is 1. The van der Waals surface area contributed by atoms with Gasteiger partial charge >= 0.3 is 0 Å². The summed E-state index contributed by atoms with van der Waals surface area (Å²) in [4.78, 5) is 0.294. The van der Waals surface area contributed by atoms with Gasteiger partial charge in [-0.3, -0.25) is 0 Å².